The lowest BCUT2D eigenvalue weighted by molar-refractivity contribution is -0.157. The van der Waals surface area contributed by atoms with Crippen molar-refractivity contribution in [1.82, 2.24) is 5.32 Å². The average Bonchev–Trinajstić information content (AvgIpc) is 3.18. The third-order valence-electron chi connectivity index (χ3n) is 6.54. The van der Waals surface area contributed by atoms with Gasteiger partial charge in [-0.3, -0.25) is 14.9 Å². The molecule has 1 fully saturated rings. The summed E-state index contributed by atoms with van der Waals surface area (Å²) in [5.74, 6) is -2.27. The maximum Gasteiger partial charge on any atom is 0.324 e. The first-order valence-corrected chi connectivity index (χ1v) is 12.0. The number of benzene rings is 2. The number of hydrogen-bond acceptors (Lipinski definition) is 4. The zero-order valence-electron chi connectivity index (χ0n) is 20.5. The summed E-state index contributed by atoms with van der Waals surface area (Å²) in [6.07, 6.45) is 0.576. The minimum atomic E-state index is -1.23. The van der Waals surface area contributed by atoms with Crippen molar-refractivity contribution in [2.45, 2.75) is 77.0 Å². The van der Waals surface area contributed by atoms with Crippen LogP contribution in [0.3, 0.4) is 0 Å². The Kier molecular flexibility index (Phi) is 6.06. The summed E-state index contributed by atoms with van der Waals surface area (Å²) in [7, 11) is 0. The molecule has 5 nitrogen and oxygen atoms in total. The van der Waals surface area contributed by atoms with E-state index in [2.05, 4.69) is 31.4 Å². The lowest BCUT2D eigenvalue weighted by atomic mass is 9.62. The molecule has 0 aromatic heterocycles. The van der Waals surface area contributed by atoms with Crippen LogP contribution in [0.15, 0.2) is 42.5 Å². The lowest BCUT2D eigenvalue weighted by Crippen LogP contribution is -2.49. The fourth-order valence-electron chi connectivity index (χ4n) is 5.47. The summed E-state index contributed by atoms with van der Waals surface area (Å²) >= 11 is 6.19. The third kappa shape index (κ3) is 4.11. The Hall–Kier alpha value is -2.44. The van der Waals surface area contributed by atoms with Crippen LogP contribution in [-0.2, 0) is 19.7 Å². The Balaban J connectivity index is 2.00. The molecule has 2 aromatic carbocycles. The van der Waals surface area contributed by atoms with E-state index < -0.39 is 40.8 Å². The molecule has 0 saturated carbocycles. The van der Waals surface area contributed by atoms with E-state index in [0.717, 1.165) is 5.56 Å². The Morgan fingerprint density at radius 3 is 2.41 bits per heavy atom. The summed E-state index contributed by atoms with van der Waals surface area (Å²) in [6.45, 7) is 11.6. The molecule has 1 saturated heterocycles. The number of para-hydroxylation sites is 1. The molecule has 0 aliphatic carbocycles. The highest BCUT2D eigenvalue weighted by Crippen LogP contribution is 2.57. The molecule has 34 heavy (non-hydrogen) atoms. The molecule has 0 bridgehead atoms. The number of carbonyl (C=O) groups is 2. The van der Waals surface area contributed by atoms with E-state index >= 15 is 4.39 Å². The summed E-state index contributed by atoms with van der Waals surface area (Å²) in [5.41, 5.74) is -0.511. The molecule has 4 atom stereocenters. The second kappa shape index (κ2) is 8.35. The molecule has 2 aliphatic heterocycles. The van der Waals surface area contributed by atoms with Crippen LogP contribution >= 0.6 is 11.6 Å². The van der Waals surface area contributed by atoms with E-state index in [1.54, 1.807) is 32.9 Å². The highest BCUT2D eigenvalue weighted by molar-refractivity contribution is 6.30. The zero-order chi connectivity index (χ0) is 25.1. The van der Waals surface area contributed by atoms with Crippen molar-refractivity contribution in [3.63, 3.8) is 0 Å². The number of carbonyl (C=O) groups excluding carboxylic acids is 2. The van der Waals surface area contributed by atoms with Gasteiger partial charge in [-0.2, -0.15) is 0 Å². The summed E-state index contributed by atoms with van der Waals surface area (Å²) < 4.78 is 21.3. The Morgan fingerprint density at radius 1 is 1.09 bits per heavy atom. The molecule has 0 radical (unpaired) electrons. The Bertz CT molecular complexity index is 1140. The number of amides is 1. The standard InChI is InChI=1S/C27H32ClFN2O3/c1-25(2,3)14-19-27(16-11-7-8-13-18(16)30-24(27)33)20(15-10-9-12-17(28)21(15)29)22(31-19)23(32)34-26(4,5)6/h7-13,19-20,22,31H,14H2,1-6H3,(H,30,33). The van der Waals surface area contributed by atoms with Crippen LogP contribution in [0.4, 0.5) is 10.1 Å². The molecule has 1 spiro atoms. The predicted octanol–water partition coefficient (Wildman–Crippen LogP) is 5.57. The van der Waals surface area contributed by atoms with Gasteiger partial charge in [-0.25, -0.2) is 4.39 Å². The highest BCUT2D eigenvalue weighted by atomic mass is 35.5. The normalized spacial score (nSPS) is 26.5. The van der Waals surface area contributed by atoms with Gasteiger partial charge in [-0.15, -0.1) is 0 Å². The van der Waals surface area contributed by atoms with Crippen molar-refractivity contribution in [3.05, 3.63) is 64.4 Å². The molecule has 7 heteroatoms. The van der Waals surface area contributed by atoms with E-state index in [1.807, 2.05) is 24.3 Å². The minimum Gasteiger partial charge on any atom is -0.459 e. The SMILES string of the molecule is CC(C)(C)CC1NC(C(=O)OC(C)(C)C)C(c2cccc(Cl)c2F)C12C(=O)Nc1ccccc12. The number of ether oxygens (including phenoxy) is 1. The van der Waals surface area contributed by atoms with Gasteiger partial charge < -0.3 is 10.1 Å². The largest absolute Gasteiger partial charge is 0.459 e. The number of halogens is 2. The van der Waals surface area contributed by atoms with Crippen LogP contribution in [0.25, 0.3) is 0 Å². The first-order valence-electron chi connectivity index (χ1n) is 11.6. The van der Waals surface area contributed by atoms with Crippen molar-refractivity contribution in [2.24, 2.45) is 5.41 Å². The topological polar surface area (TPSA) is 67.4 Å². The molecule has 4 unspecified atom stereocenters. The molecule has 2 N–H and O–H groups in total. The maximum absolute atomic E-state index is 15.6. The van der Waals surface area contributed by atoms with E-state index in [-0.39, 0.29) is 21.9 Å². The highest BCUT2D eigenvalue weighted by Gasteiger charge is 2.66. The second-order valence-corrected chi connectivity index (χ2v) is 11.9. The smallest absolute Gasteiger partial charge is 0.324 e. The van der Waals surface area contributed by atoms with Gasteiger partial charge in [0.1, 0.15) is 22.9 Å². The van der Waals surface area contributed by atoms with Crippen LogP contribution in [-0.4, -0.2) is 29.6 Å². The number of hydrogen-bond donors (Lipinski definition) is 2. The molecule has 1 amide bonds. The summed E-state index contributed by atoms with van der Waals surface area (Å²) in [5, 5.41) is 6.37. The zero-order valence-corrected chi connectivity index (χ0v) is 21.2. The maximum atomic E-state index is 15.6. The van der Waals surface area contributed by atoms with Gasteiger partial charge >= 0.3 is 5.97 Å². The molecular formula is C27H32ClFN2O3. The number of fused-ring (bicyclic) bond motifs is 2. The molecule has 2 aliphatic rings. The quantitative estimate of drug-likeness (QED) is 0.556. The Labute approximate surface area is 205 Å². The van der Waals surface area contributed by atoms with E-state index in [9.17, 15) is 9.59 Å². The number of esters is 1. The summed E-state index contributed by atoms with van der Waals surface area (Å²) in [6, 6.07) is 10.8. The number of rotatable bonds is 3. The molecule has 182 valence electrons. The molecule has 2 heterocycles. The monoisotopic (exact) mass is 486 g/mol. The van der Waals surface area contributed by atoms with Crippen molar-refractivity contribution in [2.75, 3.05) is 5.32 Å². The van der Waals surface area contributed by atoms with Crippen LogP contribution in [0.1, 0.15) is 65.0 Å². The van der Waals surface area contributed by atoms with E-state index in [0.29, 0.717) is 12.1 Å². The lowest BCUT2D eigenvalue weighted by Gasteiger charge is -2.37. The molecular weight excluding hydrogens is 455 g/mol. The fraction of sp³-hybridized carbons (Fsp3) is 0.481. The summed E-state index contributed by atoms with van der Waals surface area (Å²) in [4.78, 5) is 27.5. The van der Waals surface area contributed by atoms with Gasteiger partial charge in [0.25, 0.3) is 0 Å². The second-order valence-electron chi connectivity index (χ2n) is 11.5. The fourth-order valence-corrected chi connectivity index (χ4v) is 5.65. The van der Waals surface area contributed by atoms with Gasteiger partial charge in [-0.1, -0.05) is 62.7 Å². The van der Waals surface area contributed by atoms with Crippen LogP contribution in [0.2, 0.25) is 5.02 Å². The van der Waals surface area contributed by atoms with Gasteiger partial charge in [-0.05, 0) is 55.9 Å². The van der Waals surface area contributed by atoms with Gasteiger partial charge in [0.2, 0.25) is 5.91 Å². The van der Waals surface area contributed by atoms with E-state index in [4.69, 9.17) is 16.3 Å². The minimum absolute atomic E-state index is 0.0541. The predicted molar refractivity (Wildman–Crippen MR) is 132 cm³/mol. The van der Waals surface area contributed by atoms with Crippen LogP contribution in [0, 0.1) is 11.2 Å². The first kappa shape index (κ1) is 24.7. The Morgan fingerprint density at radius 2 is 1.76 bits per heavy atom. The van der Waals surface area contributed by atoms with Gasteiger partial charge in [0, 0.05) is 17.6 Å². The molecule has 4 rings (SSSR count). The first-order chi connectivity index (χ1) is 15.8. The average molecular weight is 487 g/mol. The van der Waals surface area contributed by atoms with Crippen molar-refractivity contribution in [3.8, 4) is 0 Å². The van der Waals surface area contributed by atoms with E-state index in [1.165, 1.54) is 6.07 Å². The van der Waals surface area contributed by atoms with Crippen LogP contribution in [0.5, 0.6) is 0 Å². The van der Waals surface area contributed by atoms with Gasteiger partial charge in [0.05, 0.1) is 5.02 Å². The number of nitrogens with one attached hydrogen (secondary N) is 2. The molecule has 2 aromatic rings. The van der Waals surface area contributed by atoms with Crippen molar-refractivity contribution in [1.29, 1.82) is 0 Å². The van der Waals surface area contributed by atoms with Crippen molar-refractivity contribution < 1.29 is 18.7 Å². The van der Waals surface area contributed by atoms with Crippen LogP contribution < -0.4 is 10.6 Å². The third-order valence-corrected chi connectivity index (χ3v) is 6.84. The number of anilines is 1. The van der Waals surface area contributed by atoms with Gasteiger partial charge in [0.15, 0.2) is 0 Å². The van der Waals surface area contributed by atoms with Crippen molar-refractivity contribution >= 4 is 29.2 Å².